The zero-order valence-corrected chi connectivity index (χ0v) is 7.30. The molecule has 2 heteroatoms. The average molecular weight is 156 g/mol. The van der Waals surface area contributed by atoms with E-state index in [4.69, 9.17) is 4.74 Å². The maximum atomic E-state index is 11.2. The van der Waals surface area contributed by atoms with Gasteiger partial charge in [0.2, 0.25) is 0 Å². The summed E-state index contributed by atoms with van der Waals surface area (Å²) in [6.07, 6.45) is 3.36. The van der Waals surface area contributed by atoms with Crippen molar-refractivity contribution in [1.82, 2.24) is 0 Å². The summed E-state index contributed by atoms with van der Waals surface area (Å²) in [4.78, 5) is 11.2. The second-order valence-electron chi connectivity index (χ2n) is 3.10. The lowest BCUT2D eigenvalue weighted by Gasteiger charge is -2.33. The van der Waals surface area contributed by atoms with Crippen LogP contribution >= 0.6 is 0 Å². The van der Waals surface area contributed by atoms with Gasteiger partial charge in [-0.15, -0.1) is 0 Å². The molecule has 0 aromatic rings. The second-order valence-corrected chi connectivity index (χ2v) is 3.10. The highest BCUT2D eigenvalue weighted by Crippen LogP contribution is 2.37. The fraction of sp³-hybridized carbons (Fsp3) is 0.889. The third kappa shape index (κ3) is 1.73. The molecular weight excluding hydrogens is 140 g/mol. The first-order valence-corrected chi connectivity index (χ1v) is 4.46. The molecule has 0 heterocycles. The first-order chi connectivity index (χ1) is 5.29. The van der Waals surface area contributed by atoms with Crippen molar-refractivity contribution in [3.8, 4) is 0 Å². The Hall–Kier alpha value is -0.530. The van der Waals surface area contributed by atoms with Crippen molar-refractivity contribution >= 4 is 5.97 Å². The van der Waals surface area contributed by atoms with E-state index in [-0.39, 0.29) is 11.9 Å². The van der Waals surface area contributed by atoms with E-state index in [0.717, 1.165) is 12.8 Å². The molecule has 0 aromatic heterocycles. The van der Waals surface area contributed by atoms with Crippen LogP contribution in [0.15, 0.2) is 0 Å². The zero-order valence-electron chi connectivity index (χ0n) is 7.30. The molecule has 0 aliphatic heterocycles. The summed E-state index contributed by atoms with van der Waals surface area (Å²) >= 11 is 0. The SMILES string of the molecule is CCOC(=O)[C@@H]1CC[C@H]1CC. The number of hydrogen-bond acceptors (Lipinski definition) is 2. The third-order valence-corrected chi connectivity index (χ3v) is 2.53. The largest absolute Gasteiger partial charge is 0.466 e. The van der Waals surface area contributed by atoms with Crippen LogP contribution in [0.25, 0.3) is 0 Å². The monoisotopic (exact) mass is 156 g/mol. The van der Waals surface area contributed by atoms with Gasteiger partial charge in [0.15, 0.2) is 0 Å². The Morgan fingerprint density at radius 2 is 2.18 bits per heavy atom. The molecule has 2 atom stereocenters. The van der Waals surface area contributed by atoms with Gasteiger partial charge in [0.25, 0.3) is 0 Å². The molecule has 1 aliphatic rings. The summed E-state index contributed by atoms with van der Waals surface area (Å²) in [6, 6.07) is 0. The Balaban J connectivity index is 2.30. The number of esters is 1. The summed E-state index contributed by atoms with van der Waals surface area (Å²) in [5.74, 6) is 0.847. The van der Waals surface area contributed by atoms with Crippen LogP contribution in [0.4, 0.5) is 0 Å². The Labute approximate surface area is 67.9 Å². The second kappa shape index (κ2) is 3.74. The Kier molecular flexibility index (Phi) is 2.92. The van der Waals surface area contributed by atoms with Crippen LogP contribution in [0.2, 0.25) is 0 Å². The molecule has 0 amide bonds. The number of rotatable bonds is 3. The van der Waals surface area contributed by atoms with Gasteiger partial charge in [0, 0.05) is 0 Å². The van der Waals surface area contributed by atoms with Crippen LogP contribution in [-0.4, -0.2) is 12.6 Å². The van der Waals surface area contributed by atoms with Crippen LogP contribution in [0.5, 0.6) is 0 Å². The van der Waals surface area contributed by atoms with E-state index in [9.17, 15) is 4.79 Å². The van der Waals surface area contributed by atoms with E-state index in [1.54, 1.807) is 0 Å². The van der Waals surface area contributed by atoms with Gasteiger partial charge >= 0.3 is 5.97 Å². The predicted molar refractivity (Wildman–Crippen MR) is 43.1 cm³/mol. The van der Waals surface area contributed by atoms with E-state index >= 15 is 0 Å². The molecule has 1 aliphatic carbocycles. The van der Waals surface area contributed by atoms with Gasteiger partial charge in [-0.3, -0.25) is 4.79 Å². The van der Waals surface area contributed by atoms with Crippen LogP contribution in [0.1, 0.15) is 33.1 Å². The van der Waals surface area contributed by atoms with Gasteiger partial charge in [-0.2, -0.15) is 0 Å². The lowest BCUT2D eigenvalue weighted by atomic mass is 9.72. The first kappa shape index (κ1) is 8.57. The molecule has 0 saturated heterocycles. The van der Waals surface area contributed by atoms with E-state index < -0.39 is 0 Å². The third-order valence-electron chi connectivity index (χ3n) is 2.53. The molecule has 2 nitrogen and oxygen atoms in total. The number of carbonyl (C=O) groups is 1. The van der Waals surface area contributed by atoms with Gasteiger partial charge < -0.3 is 4.74 Å². The van der Waals surface area contributed by atoms with Crippen molar-refractivity contribution in [2.75, 3.05) is 6.61 Å². The number of carbonyl (C=O) groups excluding carboxylic acids is 1. The van der Waals surface area contributed by atoms with Crippen LogP contribution in [0.3, 0.4) is 0 Å². The summed E-state index contributed by atoms with van der Waals surface area (Å²) < 4.78 is 4.94. The lowest BCUT2D eigenvalue weighted by molar-refractivity contribution is -0.154. The molecule has 1 saturated carbocycles. The highest BCUT2D eigenvalue weighted by atomic mass is 16.5. The summed E-state index contributed by atoms with van der Waals surface area (Å²) in [7, 11) is 0. The fourth-order valence-corrected chi connectivity index (χ4v) is 1.62. The minimum atomic E-state index is 0.0191. The zero-order chi connectivity index (χ0) is 8.27. The van der Waals surface area contributed by atoms with Crippen LogP contribution in [0, 0.1) is 11.8 Å². The highest BCUT2D eigenvalue weighted by molar-refractivity contribution is 5.73. The Morgan fingerprint density at radius 3 is 2.55 bits per heavy atom. The summed E-state index contributed by atoms with van der Waals surface area (Å²) in [6.45, 7) is 4.51. The van der Waals surface area contributed by atoms with Crippen molar-refractivity contribution in [3.05, 3.63) is 0 Å². The predicted octanol–water partition coefficient (Wildman–Crippen LogP) is 1.99. The van der Waals surface area contributed by atoms with Crippen molar-refractivity contribution in [1.29, 1.82) is 0 Å². The van der Waals surface area contributed by atoms with Crippen molar-refractivity contribution in [3.63, 3.8) is 0 Å². The molecule has 0 unspecified atom stereocenters. The van der Waals surface area contributed by atoms with Gasteiger partial charge in [0.1, 0.15) is 0 Å². The standard InChI is InChI=1S/C9H16O2/c1-3-7-5-6-8(7)9(10)11-4-2/h7-8H,3-6H2,1-2H3/t7-,8-/m1/s1. The quantitative estimate of drug-likeness (QED) is 0.584. The topological polar surface area (TPSA) is 26.3 Å². The van der Waals surface area contributed by atoms with Gasteiger partial charge in [-0.25, -0.2) is 0 Å². The van der Waals surface area contributed by atoms with Crippen molar-refractivity contribution in [2.45, 2.75) is 33.1 Å². The smallest absolute Gasteiger partial charge is 0.309 e. The summed E-state index contributed by atoms with van der Waals surface area (Å²) in [5.41, 5.74) is 0. The lowest BCUT2D eigenvalue weighted by Crippen LogP contribution is -2.33. The molecule has 0 spiro atoms. The van der Waals surface area contributed by atoms with Crippen molar-refractivity contribution in [2.24, 2.45) is 11.8 Å². The molecule has 0 bridgehead atoms. The van der Waals surface area contributed by atoms with Crippen LogP contribution < -0.4 is 0 Å². The molecule has 64 valence electrons. The summed E-state index contributed by atoms with van der Waals surface area (Å²) in [5, 5.41) is 0. The maximum Gasteiger partial charge on any atom is 0.309 e. The molecule has 0 N–H and O–H groups in total. The minimum absolute atomic E-state index is 0.0191. The normalized spacial score (nSPS) is 29.3. The molecule has 11 heavy (non-hydrogen) atoms. The number of ether oxygens (including phenoxy) is 1. The molecule has 0 aromatic carbocycles. The molecular formula is C9H16O2. The molecule has 1 rings (SSSR count). The van der Waals surface area contributed by atoms with Crippen LogP contribution in [-0.2, 0) is 9.53 Å². The fourth-order valence-electron chi connectivity index (χ4n) is 1.62. The van der Waals surface area contributed by atoms with Gasteiger partial charge in [-0.05, 0) is 25.7 Å². The van der Waals surface area contributed by atoms with E-state index in [1.807, 2.05) is 6.92 Å². The Morgan fingerprint density at radius 1 is 1.45 bits per heavy atom. The minimum Gasteiger partial charge on any atom is -0.466 e. The average Bonchev–Trinajstić information content (AvgIpc) is 1.86. The van der Waals surface area contributed by atoms with Crippen molar-refractivity contribution < 1.29 is 9.53 Å². The van der Waals surface area contributed by atoms with Gasteiger partial charge in [-0.1, -0.05) is 13.3 Å². The van der Waals surface area contributed by atoms with E-state index in [2.05, 4.69) is 6.92 Å². The van der Waals surface area contributed by atoms with E-state index in [0.29, 0.717) is 12.5 Å². The Bertz CT molecular complexity index is 140. The molecule has 0 radical (unpaired) electrons. The molecule has 1 fully saturated rings. The van der Waals surface area contributed by atoms with Gasteiger partial charge in [0.05, 0.1) is 12.5 Å². The highest BCUT2D eigenvalue weighted by Gasteiger charge is 2.35. The van der Waals surface area contributed by atoms with E-state index in [1.165, 1.54) is 6.42 Å². The maximum absolute atomic E-state index is 11.2. The number of hydrogen-bond donors (Lipinski definition) is 0. The first-order valence-electron chi connectivity index (χ1n) is 4.46.